The third-order valence-corrected chi connectivity index (χ3v) is 7.59. The van der Waals surface area contributed by atoms with Crippen molar-refractivity contribution in [2.75, 3.05) is 23.7 Å². The number of nitrogens with one attached hydrogen (secondary N) is 2. The van der Waals surface area contributed by atoms with E-state index >= 15 is 0 Å². The first-order valence-corrected chi connectivity index (χ1v) is 11.8. The number of carbonyl (C=O) groups excluding carboxylic acids is 2. The number of amides is 2. The SMILES string of the molecule is O=C(Nc1cccc(NC(=O)C2CCN(S(=O)(=O)c3ccc(F)c(F)c3)CC2)c1)C1CC1. The minimum absolute atomic E-state index is 0.0249. The first-order chi connectivity index (χ1) is 15.2. The van der Waals surface area contributed by atoms with Crippen LogP contribution in [0.5, 0.6) is 0 Å². The molecule has 2 aromatic carbocycles. The summed E-state index contributed by atoms with van der Waals surface area (Å²) >= 11 is 0. The van der Waals surface area contributed by atoms with E-state index < -0.39 is 27.6 Å². The molecule has 32 heavy (non-hydrogen) atoms. The molecular formula is C22H23F2N3O4S. The molecule has 0 aromatic heterocycles. The Hall–Kier alpha value is -2.85. The van der Waals surface area contributed by atoms with Crippen LogP contribution in [0.1, 0.15) is 25.7 Å². The molecule has 1 aliphatic carbocycles. The van der Waals surface area contributed by atoms with E-state index in [1.54, 1.807) is 24.3 Å². The Balaban J connectivity index is 1.34. The Kier molecular flexibility index (Phi) is 6.25. The van der Waals surface area contributed by atoms with E-state index in [-0.39, 0.29) is 35.7 Å². The van der Waals surface area contributed by atoms with E-state index in [2.05, 4.69) is 10.6 Å². The molecule has 2 aliphatic rings. The number of piperidine rings is 1. The maximum atomic E-state index is 13.5. The highest BCUT2D eigenvalue weighted by Gasteiger charge is 2.33. The fraction of sp³-hybridized carbons (Fsp3) is 0.364. The molecule has 170 valence electrons. The molecule has 1 aliphatic heterocycles. The number of carbonyl (C=O) groups is 2. The Bertz CT molecular complexity index is 1140. The lowest BCUT2D eigenvalue weighted by Gasteiger charge is -2.30. The summed E-state index contributed by atoms with van der Waals surface area (Å²) in [6, 6.07) is 9.35. The van der Waals surface area contributed by atoms with Crippen LogP contribution in [0.3, 0.4) is 0 Å². The van der Waals surface area contributed by atoms with E-state index in [0.717, 1.165) is 25.0 Å². The summed E-state index contributed by atoms with van der Waals surface area (Å²) in [7, 11) is -3.97. The summed E-state index contributed by atoms with van der Waals surface area (Å²) in [4.78, 5) is 24.3. The highest BCUT2D eigenvalue weighted by atomic mass is 32.2. The maximum Gasteiger partial charge on any atom is 0.243 e. The third-order valence-electron chi connectivity index (χ3n) is 5.70. The lowest BCUT2D eigenvalue weighted by atomic mass is 9.97. The van der Waals surface area contributed by atoms with Crippen molar-refractivity contribution >= 4 is 33.2 Å². The molecule has 10 heteroatoms. The summed E-state index contributed by atoms with van der Waals surface area (Å²) in [5.41, 5.74) is 1.15. The van der Waals surface area contributed by atoms with Crippen molar-refractivity contribution in [2.24, 2.45) is 11.8 Å². The second-order valence-corrected chi connectivity index (χ2v) is 10.0. The van der Waals surface area contributed by atoms with E-state index in [9.17, 15) is 26.8 Å². The molecule has 4 rings (SSSR count). The van der Waals surface area contributed by atoms with Gasteiger partial charge in [-0.3, -0.25) is 9.59 Å². The van der Waals surface area contributed by atoms with Crippen LogP contribution in [0.15, 0.2) is 47.4 Å². The first kappa shape index (κ1) is 22.3. The van der Waals surface area contributed by atoms with Crippen LogP contribution >= 0.6 is 0 Å². The number of hydrogen-bond acceptors (Lipinski definition) is 4. The predicted octanol–water partition coefficient (Wildman–Crippen LogP) is 3.35. The Morgan fingerprint density at radius 1 is 0.812 bits per heavy atom. The summed E-state index contributed by atoms with van der Waals surface area (Å²) in [6.07, 6.45) is 2.39. The standard InChI is InChI=1S/C22H23F2N3O4S/c23-19-7-6-18(13-20(19)24)32(30,31)27-10-8-15(9-11-27)22(29)26-17-3-1-2-16(12-17)25-21(28)14-4-5-14/h1-3,6-7,12-15H,4-5,8-11H2,(H,25,28)(H,26,29). The largest absolute Gasteiger partial charge is 0.326 e. The summed E-state index contributed by atoms with van der Waals surface area (Å²) in [5.74, 6) is -2.92. The number of nitrogens with zero attached hydrogens (tertiary/aromatic N) is 1. The summed E-state index contributed by atoms with van der Waals surface area (Å²) < 4.78 is 53.2. The number of halogens is 2. The van der Waals surface area contributed by atoms with E-state index in [4.69, 9.17) is 0 Å². The molecule has 0 atom stereocenters. The highest BCUT2D eigenvalue weighted by Crippen LogP contribution is 2.31. The van der Waals surface area contributed by atoms with Gasteiger partial charge in [0.1, 0.15) is 0 Å². The average molecular weight is 464 g/mol. The Morgan fingerprint density at radius 3 is 1.91 bits per heavy atom. The second-order valence-electron chi connectivity index (χ2n) is 8.09. The van der Waals surface area contributed by atoms with Gasteiger partial charge < -0.3 is 10.6 Å². The summed E-state index contributed by atoms with van der Waals surface area (Å²) in [5, 5.41) is 5.65. The monoisotopic (exact) mass is 463 g/mol. The molecule has 0 spiro atoms. The van der Waals surface area contributed by atoms with Gasteiger partial charge in [0.05, 0.1) is 4.90 Å². The van der Waals surface area contributed by atoms with E-state index in [1.807, 2.05) is 0 Å². The molecule has 2 aromatic rings. The number of benzene rings is 2. The number of sulfonamides is 1. The van der Waals surface area contributed by atoms with Crippen LogP contribution in [0.2, 0.25) is 0 Å². The van der Waals surface area contributed by atoms with Gasteiger partial charge in [0.15, 0.2) is 11.6 Å². The molecule has 2 fully saturated rings. The van der Waals surface area contributed by atoms with Crippen LogP contribution in [0, 0.1) is 23.5 Å². The summed E-state index contributed by atoms with van der Waals surface area (Å²) in [6.45, 7) is 0.188. The fourth-order valence-corrected chi connectivity index (χ4v) is 5.14. The van der Waals surface area contributed by atoms with Crippen molar-refractivity contribution in [1.29, 1.82) is 0 Å². The zero-order chi connectivity index (χ0) is 22.9. The lowest BCUT2D eigenvalue weighted by molar-refractivity contribution is -0.121. The van der Waals surface area contributed by atoms with Crippen molar-refractivity contribution < 1.29 is 26.8 Å². The molecule has 0 bridgehead atoms. The smallest absolute Gasteiger partial charge is 0.243 e. The van der Waals surface area contributed by atoms with Gasteiger partial charge in [-0.2, -0.15) is 4.31 Å². The van der Waals surface area contributed by atoms with Gasteiger partial charge in [0.2, 0.25) is 21.8 Å². The normalized spacial score (nSPS) is 17.7. The molecule has 0 radical (unpaired) electrons. The van der Waals surface area contributed by atoms with Crippen LogP contribution in [-0.4, -0.2) is 37.6 Å². The minimum atomic E-state index is -3.97. The van der Waals surface area contributed by atoms with Gasteiger partial charge >= 0.3 is 0 Å². The lowest BCUT2D eigenvalue weighted by Crippen LogP contribution is -2.41. The van der Waals surface area contributed by atoms with E-state index in [1.165, 1.54) is 4.31 Å². The van der Waals surface area contributed by atoms with Gasteiger partial charge in [-0.05, 0) is 62.1 Å². The Morgan fingerprint density at radius 2 is 1.38 bits per heavy atom. The zero-order valence-electron chi connectivity index (χ0n) is 17.2. The van der Waals surface area contributed by atoms with Crippen molar-refractivity contribution in [3.8, 4) is 0 Å². The molecule has 2 amide bonds. The predicted molar refractivity (Wildman–Crippen MR) is 114 cm³/mol. The molecule has 0 unspecified atom stereocenters. The number of rotatable bonds is 6. The number of anilines is 2. The molecule has 2 N–H and O–H groups in total. The maximum absolute atomic E-state index is 13.5. The average Bonchev–Trinajstić information content (AvgIpc) is 3.61. The van der Waals surface area contributed by atoms with Gasteiger partial charge in [-0.1, -0.05) is 6.07 Å². The van der Waals surface area contributed by atoms with E-state index in [0.29, 0.717) is 30.3 Å². The van der Waals surface area contributed by atoms with Crippen LogP contribution in [0.25, 0.3) is 0 Å². The van der Waals surface area contributed by atoms with Crippen molar-refractivity contribution in [3.63, 3.8) is 0 Å². The van der Waals surface area contributed by atoms with Gasteiger partial charge in [-0.25, -0.2) is 17.2 Å². The van der Waals surface area contributed by atoms with Gasteiger partial charge in [0.25, 0.3) is 0 Å². The second kappa shape index (κ2) is 8.95. The zero-order valence-corrected chi connectivity index (χ0v) is 18.0. The minimum Gasteiger partial charge on any atom is -0.326 e. The third kappa shape index (κ3) is 4.97. The first-order valence-electron chi connectivity index (χ1n) is 10.4. The molecule has 7 nitrogen and oxygen atoms in total. The molecule has 1 saturated heterocycles. The number of hydrogen-bond donors (Lipinski definition) is 2. The van der Waals surface area contributed by atoms with Crippen molar-refractivity contribution in [1.82, 2.24) is 4.31 Å². The molecule has 1 saturated carbocycles. The highest BCUT2D eigenvalue weighted by molar-refractivity contribution is 7.89. The van der Waals surface area contributed by atoms with Crippen LogP contribution in [-0.2, 0) is 19.6 Å². The Labute approximate surface area is 184 Å². The van der Waals surface area contributed by atoms with Crippen molar-refractivity contribution in [3.05, 3.63) is 54.1 Å². The fourth-order valence-electron chi connectivity index (χ4n) is 3.65. The van der Waals surface area contributed by atoms with Crippen LogP contribution in [0.4, 0.5) is 20.2 Å². The molecule has 1 heterocycles. The quantitative estimate of drug-likeness (QED) is 0.687. The van der Waals surface area contributed by atoms with Gasteiger partial charge in [-0.15, -0.1) is 0 Å². The van der Waals surface area contributed by atoms with Gasteiger partial charge in [0, 0.05) is 36.3 Å². The molecular weight excluding hydrogens is 440 g/mol. The van der Waals surface area contributed by atoms with Crippen LogP contribution < -0.4 is 10.6 Å². The topological polar surface area (TPSA) is 95.6 Å². The van der Waals surface area contributed by atoms with Crippen molar-refractivity contribution in [2.45, 2.75) is 30.6 Å².